The zero-order chi connectivity index (χ0) is 16.3. The maximum absolute atomic E-state index is 12.9. The molecule has 23 heavy (non-hydrogen) atoms. The van der Waals surface area contributed by atoms with E-state index in [-0.39, 0.29) is 5.91 Å². The Bertz CT molecular complexity index is 569. The molecule has 3 rings (SSSR count). The van der Waals surface area contributed by atoms with Crippen LogP contribution in [0.2, 0.25) is 5.02 Å². The first-order valence-electron chi connectivity index (χ1n) is 8.59. The standard InChI is InChI=1S/C18H24ClNO3/c1-2-3-4-5-6-7-11-20-16-14(9-8-10-15(16)19)18(17(20)21)22-12-13-23-18/h8-10H,2-7,11-13H2,1H3. The number of hydrogen-bond acceptors (Lipinski definition) is 3. The van der Waals surface area contributed by atoms with Gasteiger partial charge in [-0.2, -0.15) is 0 Å². The van der Waals surface area contributed by atoms with E-state index in [2.05, 4.69) is 6.92 Å². The predicted octanol–water partition coefficient (Wildman–Crippen LogP) is 4.25. The number of benzene rings is 1. The molecule has 0 aromatic heterocycles. The number of carbonyl (C=O) groups is 1. The summed E-state index contributed by atoms with van der Waals surface area (Å²) in [4.78, 5) is 14.7. The number of rotatable bonds is 7. The minimum absolute atomic E-state index is 0.133. The molecule has 0 N–H and O–H groups in total. The third-order valence-corrected chi connectivity index (χ3v) is 4.87. The molecule has 2 heterocycles. The Kier molecular flexibility index (Phi) is 5.24. The fraction of sp³-hybridized carbons (Fsp3) is 0.611. The average molecular weight is 338 g/mol. The molecule has 0 saturated carbocycles. The molecule has 0 atom stereocenters. The number of halogens is 1. The minimum Gasteiger partial charge on any atom is -0.336 e. The van der Waals surface area contributed by atoms with Gasteiger partial charge in [-0.1, -0.05) is 62.8 Å². The van der Waals surface area contributed by atoms with Crippen LogP contribution in [0.15, 0.2) is 18.2 Å². The molecule has 1 fully saturated rings. The molecule has 1 spiro atoms. The van der Waals surface area contributed by atoms with Crippen LogP contribution in [0, 0.1) is 0 Å². The Morgan fingerprint density at radius 2 is 1.83 bits per heavy atom. The highest BCUT2D eigenvalue weighted by Crippen LogP contribution is 2.48. The molecule has 0 bridgehead atoms. The van der Waals surface area contributed by atoms with Gasteiger partial charge in [-0.15, -0.1) is 0 Å². The van der Waals surface area contributed by atoms with Crippen molar-refractivity contribution in [3.63, 3.8) is 0 Å². The summed E-state index contributed by atoms with van der Waals surface area (Å²) in [6.45, 7) is 3.74. The fourth-order valence-corrected chi connectivity index (χ4v) is 3.68. The van der Waals surface area contributed by atoms with Crippen LogP contribution in [0.25, 0.3) is 0 Å². The molecule has 0 unspecified atom stereocenters. The highest BCUT2D eigenvalue weighted by atomic mass is 35.5. The summed E-state index contributed by atoms with van der Waals surface area (Å²) in [6, 6.07) is 5.54. The number of unbranched alkanes of at least 4 members (excludes halogenated alkanes) is 5. The Hall–Kier alpha value is -1.10. The molecule has 1 aromatic rings. The van der Waals surface area contributed by atoms with Crippen molar-refractivity contribution < 1.29 is 14.3 Å². The molecule has 1 aromatic carbocycles. The maximum atomic E-state index is 12.9. The van der Waals surface area contributed by atoms with Crippen LogP contribution < -0.4 is 4.90 Å². The van der Waals surface area contributed by atoms with Gasteiger partial charge in [-0.05, 0) is 12.5 Å². The molecular formula is C18H24ClNO3. The van der Waals surface area contributed by atoms with E-state index in [1.165, 1.54) is 25.7 Å². The fourth-order valence-electron chi connectivity index (χ4n) is 3.40. The summed E-state index contributed by atoms with van der Waals surface area (Å²) in [5, 5.41) is 0.581. The van der Waals surface area contributed by atoms with Gasteiger partial charge in [0.2, 0.25) is 0 Å². The Labute approximate surface area is 142 Å². The smallest absolute Gasteiger partial charge is 0.292 e. The molecule has 1 saturated heterocycles. The van der Waals surface area contributed by atoms with E-state index in [0.29, 0.717) is 24.8 Å². The number of fused-ring (bicyclic) bond motifs is 2. The zero-order valence-electron chi connectivity index (χ0n) is 13.6. The van der Waals surface area contributed by atoms with Gasteiger partial charge < -0.3 is 14.4 Å². The lowest BCUT2D eigenvalue weighted by atomic mass is 10.1. The van der Waals surface area contributed by atoms with E-state index in [1.807, 2.05) is 18.2 Å². The van der Waals surface area contributed by atoms with Crippen molar-refractivity contribution in [3.05, 3.63) is 28.8 Å². The zero-order valence-corrected chi connectivity index (χ0v) is 14.4. The summed E-state index contributed by atoms with van der Waals surface area (Å²) in [5.41, 5.74) is 1.51. The summed E-state index contributed by atoms with van der Waals surface area (Å²) in [6.07, 6.45) is 7.09. The van der Waals surface area contributed by atoms with Crippen molar-refractivity contribution in [2.75, 3.05) is 24.7 Å². The van der Waals surface area contributed by atoms with Crippen molar-refractivity contribution >= 4 is 23.2 Å². The molecule has 2 aliphatic rings. The number of hydrogen-bond donors (Lipinski definition) is 0. The van der Waals surface area contributed by atoms with Crippen molar-refractivity contribution in [2.45, 2.75) is 51.2 Å². The largest absolute Gasteiger partial charge is 0.336 e. The topological polar surface area (TPSA) is 38.8 Å². The average Bonchev–Trinajstić information content (AvgIpc) is 3.12. The van der Waals surface area contributed by atoms with Crippen LogP contribution in [0.3, 0.4) is 0 Å². The van der Waals surface area contributed by atoms with Crippen LogP contribution in [-0.2, 0) is 20.1 Å². The lowest BCUT2D eigenvalue weighted by Gasteiger charge is -2.22. The van der Waals surface area contributed by atoms with E-state index >= 15 is 0 Å². The molecule has 4 nitrogen and oxygen atoms in total. The van der Waals surface area contributed by atoms with Gasteiger partial charge >= 0.3 is 0 Å². The molecule has 5 heteroatoms. The first kappa shape index (κ1) is 16.7. The van der Waals surface area contributed by atoms with E-state index in [9.17, 15) is 4.79 Å². The molecule has 1 amide bonds. The first-order chi connectivity index (χ1) is 11.2. The second-order valence-electron chi connectivity index (χ2n) is 6.17. The van der Waals surface area contributed by atoms with Gasteiger partial charge in [-0.3, -0.25) is 4.79 Å². The van der Waals surface area contributed by atoms with E-state index in [4.69, 9.17) is 21.1 Å². The van der Waals surface area contributed by atoms with Gasteiger partial charge in [0.1, 0.15) is 0 Å². The number of anilines is 1. The minimum atomic E-state index is -1.26. The van der Waals surface area contributed by atoms with Crippen LogP contribution in [0.1, 0.15) is 51.0 Å². The molecule has 0 aliphatic carbocycles. The highest BCUT2D eigenvalue weighted by Gasteiger charge is 2.56. The van der Waals surface area contributed by atoms with E-state index in [1.54, 1.807) is 4.90 Å². The van der Waals surface area contributed by atoms with Gasteiger partial charge in [0.15, 0.2) is 0 Å². The second-order valence-corrected chi connectivity index (χ2v) is 6.58. The normalized spacial score (nSPS) is 18.9. The summed E-state index contributed by atoms with van der Waals surface area (Å²) < 4.78 is 11.4. The third kappa shape index (κ3) is 3.00. The number of carbonyl (C=O) groups excluding carboxylic acids is 1. The second kappa shape index (κ2) is 7.20. The van der Waals surface area contributed by atoms with Crippen LogP contribution >= 0.6 is 11.6 Å². The van der Waals surface area contributed by atoms with E-state index in [0.717, 1.165) is 24.1 Å². The number of ether oxygens (including phenoxy) is 2. The number of nitrogens with zero attached hydrogens (tertiary/aromatic N) is 1. The summed E-state index contributed by atoms with van der Waals surface area (Å²) in [7, 11) is 0. The van der Waals surface area contributed by atoms with Gasteiger partial charge in [0.05, 0.1) is 23.9 Å². The van der Waals surface area contributed by atoms with Crippen molar-refractivity contribution in [3.8, 4) is 0 Å². The molecule has 0 radical (unpaired) electrons. The van der Waals surface area contributed by atoms with Crippen molar-refractivity contribution in [1.82, 2.24) is 0 Å². The Morgan fingerprint density at radius 1 is 1.13 bits per heavy atom. The van der Waals surface area contributed by atoms with Gasteiger partial charge in [0.25, 0.3) is 11.7 Å². The maximum Gasteiger partial charge on any atom is 0.292 e. The quantitative estimate of drug-likeness (QED) is 0.698. The predicted molar refractivity (Wildman–Crippen MR) is 90.8 cm³/mol. The number of para-hydroxylation sites is 1. The monoisotopic (exact) mass is 337 g/mol. The third-order valence-electron chi connectivity index (χ3n) is 4.57. The lowest BCUT2D eigenvalue weighted by Crippen LogP contribution is -2.41. The number of amides is 1. The molecular weight excluding hydrogens is 314 g/mol. The SMILES string of the molecule is CCCCCCCCN1C(=O)C2(OCCO2)c2cccc(Cl)c21. The summed E-state index contributed by atoms with van der Waals surface area (Å²) in [5.74, 6) is -1.39. The van der Waals surface area contributed by atoms with Gasteiger partial charge in [0, 0.05) is 12.1 Å². The van der Waals surface area contributed by atoms with E-state index < -0.39 is 5.79 Å². The first-order valence-corrected chi connectivity index (χ1v) is 8.97. The van der Waals surface area contributed by atoms with Gasteiger partial charge in [-0.25, -0.2) is 0 Å². The van der Waals surface area contributed by atoms with Crippen LogP contribution in [0.5, 0.6) is 0 Å². The van der Waals surface area contributed by atoms with Crippen LogP contribution in [-0.4, -0.2) is 25.7 Å². The molecule has 2 aliphatic heterocycles. The Balaban J connectivity index is 1.73. The highest BCUT2D eigenvalue weighted by molar-refractivity contribution is 6.35. The van der Waals surface area contributed by atoms with Crippen molar-refractivity contribution in [2.24, 2.45) is 0 Å². The molecule has 126 valence electrons. The van der Waals surface area contributed by atoms with Crippen molar-refractivity contribution in [1.29, 1.82) is 0 Å². The van der Waals surface area contributed by atoms with Crippen LogP contribution in [0.4, 0.5) is 5.69 Å². The lowest BCUT2D eigenvalue weighted by molar-refractivity contribution is -0.180. The Morgan fingerprint density at radius 3 is 2.57 bits per heavy atom. The summed E-state index contributed by atoms with van der Waals surface area (Å²) >= 11 is 6.37.